The number of nitrogens with zero attached hydrogens (tertiary/aromatic N) is 3. The maximum atomic E-state index is 12.3. The molecule has 2 rings (SSSR count). The van der Waals surface area contributed by atoms with Crippen LogP contribution in [0.15, 0.2) is 0 Å². The average molecular weight is 281 g/mol. The minimum atomic E-state index is -0.792. The number of rotatable bonds is 3. The molecule has 2 saturated heterocycles. The second-order valence-electron chi connectivity index (χ2n) is 5.25. The van der Waals surface area contributed by atoms with Crippen LogP contribution in [0, 0.1) is 17.2 Å². The molecule has 2 aliphatic rings. The third kappa shape index (κ3) is 3.61. The average Bonchev–Trinajstić information content (AvgIpc) is 2.93. The second-order valence-corrected chi connectivity index (χ2v) is 5.25. The summed E-state index contributed by atoms with van der Waals surface area (Å²) in [5, 5.41) is 17.5. The van der Waals surface area contributed by atoms with Crippen LogP contribution in [0.3, 0.4) is 0 Å². The van der Waals surface area contributed by atoms with Gasteiger partial charge in [-0.15, -0.1) is 0 Å². The summed E-state index contributed by atoms with van der Waals surface area (Å²) in [5.74, 6) is -0.525. The molecule has 0 aromatic heterocycles. The van der Waals surface area contributed by atoms with Crippen molar-refractivity contribution in [2.45, 2.75) is 25.4 Å². The number of urea groups is 1. The summed E-state index contributed by atoms with van der Waals surface area (Å²) in [6.45, 7) is 2.48. The van der Waals surface area contributed by atoms with E-state index in [1.54, 1.807) is 9.80 Å². The Labute approximate surface area is 117 Å². The van der Waals surface area contributed by atoms with Crippen molar-refractivity contribution >= 4 is 12.0 Å². The van der Waals surface area contributed by atoms with E-state index in [-0.39, 0.29) is 18.4 Å². The SMILES string of the molecule is N#CC1CN(C(=O)N2CCC(CCC(=O)O)C2)CCO1. The molecule has 0 saturated carbocycles. The largest absolute Gasteiger partial charge is 0.481 e. The van der Waals surface area contributed by atoms with E-state index < -0.39 is 12.1 Å². The van der Waals surface area contributed by atoms with Gasteiger partial charge in [-0.05, 0) is 18.8 Å². The Morgan fingerprint density at radius 3 is 2.75 bits per heavy atom. The highest BCUT2D eigenvalue weighted by molar-refractivity contribution is 5.75. The molecule has 2 fully saturated rings. The predicted molar refractivity (Wildman–Crippen MR) is 68.9 cm³/mol. The second kappa shape index (κ2) is 6.57. The Balaban J connectivity index is 1.82. The molecule has 2 unspecified atom stereocenters. The van der Waals surface area contributed by atoms with Crippen molar-refractivity contribution in [2.24, 2.45) is 5.92 Å². The van der Waals surface area contributed by atoms with Crippen molar-refractivity contribution in [3.63, 3.8) is 0 Å². The van der Waals surface area contributed by atoms with Gasteiger partial charge in [0.15, 0.2) is 6.10 Å². The fourth-order valence-electron chi connectivity index (χ4n) is 2.67. The number of carboxylic acid groups (broad SMARTS) is 1. The van der Waals surface area contributed by atoms with Gasteiger partial charge < -0.3 is 19.6 Å². The summed E-state index contributed by atoms with van der Waals surface area (Å²) in [5.41, 5.74) is 0. The van der Waals surface area contributed by atoms with Crippen LogP contribution in [0.1, 0.15) is 19.3 Å². The first-order valence-corrected chi connectivity index (χ1v) is 6.87. The number of hydrogen-bond acceptors (Lipinski definition) is 4. The van der Waals surface area contributed by atoms with Gasteiger partial charge in [0, 0.05) is 26.1 Å². The van der Waals surface area contributed by atoms with Crippen molar-refractivity contribution in [3.05, 3.63) is 0 Å². The summed E-state index contributed by atoms with van der Waals surface area (Å²) in [6, 6.07) is 1.96. The first kappa shape index (κ1) is 14.6. The highest BCUT2D eigenvalue weighted by Gasteiger charge is 2.32. The van der Waals surface area contributed by atoms with Crippen LogP contribution in [0.4, 0.5) is 4.79 Å². The van der Waals surface area contributed by atoms with E-state index in [0.29, 0.717) is 39.2 Å². The van der Waals surface area contributed by atoms with Crippen LogP contribution >= 0.6 is 0 Å². The number of carbonyl (C=O) groups excluding carboxylic acids is 1. The number of nitriles is 1. The van der Waals surface area contributed by atoms with Crippen molar-refractivity contribution in [2.75, 3.05) is 32.8 Å². The standard InChI is InChI=1S/C13H19N3O4/c14-7-11-9-16(5-6-20-11)13(19)15-4-3-10(8-15)1-2-12(17)18/h10-11H,1-6,8-9H2,(H,17,18). The van der Waals surface area contributed by atoms with Gasteiger partial charge in [0.2, 0.25) is 0 Å². The Hall–Kier alpha value is -1.81. The van der Waals surface area contributed by atoms with Gasteiger partial charge >= 0.3 is 12.0 Å². The van der Waals surface area contributed by atoms with Crippen LogP contribution in [0.2, 0.25) is 0 Å². The molecule has 0 aromatic carbocycles. The lowest BCUT2D eigenvalue weighted by atomic mass is 10.0. The Morgan fingerprint density at radius 2 is 2.05 bits per heavy atom. The monoisotopic (exact) mass is 281 g/mol. The number of hydrogen-bond donors (Lipinski definition) is 1. The van der Waals surface area contributed by atoms with Crippen molar-refractivity contribution in [3.8, 4) is 6.07 Å². The van der Waals surface area contributed by atoms with Gasteiger partial charge in [-0.3, -0.25) is 4.79 Å². The maximum Gasteiger partial charge on any atom is 0.320 e. The molecular formula is C13H19N3O4. The molecule has 2 aliphatic heterocycles. The third-order valence-corrected chi connectivity index (χ3v) is 3.80. The third-order valence-electron chi connectivity index (χ3n) is 3.80. The summed E-state index contributed by atoms with van der Waals surface area (Å²) < 4.78 is 5.22. The normalized spacial score (nSPS) is 26.4. The number of carbonyl (C=O) groups is 2. The lowest BCUT2D eigenvalue weighted by molar-refractivity contribution is -0.137. The minimum absolute atomic E-state index is 0.0635. The number of morpholine rings is 1. The summed E-state index contributed by atoms with van der Waals surface area (Å²) in [6.07, 6.45) is 1.08. The summed E-state index contributed by atoms with van der Waals surface area (Å²) >= 11 is 0. The van der Waals surface area contributed by atoms with E-state index in [1.165, 1.54) is 0 Å². The van der Waals surface area contributed by atoms with Crippen LogP contribution in [0.25, 0.3) is 0 Å². The van der Waals surface area contributed by atoms with E-state index in [1.807, 2.05) is 6.07 Å². The number of aliphatic carboxylic acids is 1. The Bertz CT molecular complexity index is 420. The van der Waals surface area contributed by atoms with E-state index in [0.717, 1.165) is 6.42 Å². The van der Waals surface area contributed by atoms with Gasteiger partial charge in [-0.1, -0.05) is 0 Å². The fraction of sp³-hybridized carbons (Fsp3) is 0.769. The van der Waals surface area contributed by atoms with Gasteiger partial charge in [-0.2, -0.15) is 5.26 Å². The molecule has 1 N–H and O–H groups in total. The van der Waals surface area contributed by atoms with Crippen molar-refractivity contribution < 1.29 is 19.4 Å². The summed E-state index contributed by atoms with van der Waals surface area (Å²) in [4.78, 5) is 26.3. The molecule has 0 aliphatic carbocycles. The molecule has 2 atom stereocenters. The van der Waals surface area contributed by atoms with Crippen molar-refractivity contribution in [1.29, 1.82) is 5.26 Å². The topological polar surface area (TPSA) is 93.9 Å². The maximum absolute atomic E-state index is 12.3. The molecule has 20 heavy (non-hydrogen) atoms. The number of amides is 2. The van der Waals surface area contributed by atoms with Crippen LogP contribution in [-0.2, 0) is 9.53 Å². The Morgan fingerprint density at radius 1 is 1.30 bits per heavy atom. The minimum Gasteiger partial charge on any atom is -0.481 e. The van der Waals surface area contributed by atoms with Crippen molar-refractivity contribution in [1.82, 2.24) is 9.80 Å². The van der Waals surface area contributed by atoms with E-state index in [2.05, 4.69) is 0 Å². The highest BCUT2D eigenvalue weighted by Crippen LogP contribution is 2.22. The zero-order valence-corrected chi connectivity index (χ0v) is 11.3. The van der Waals surface area contributed by atoms with Gasteiger partial charge in [0.1, 0.15) is 0 Å². The Kier molecular flexibility index (Phi) is 4.79. The molecule has 110 valence electrons. The summed E-state index contributed by atoms with van der Waals surface area (Å²) in [7, 11) is 0. The number of ether oxygens (including phenoxy) is 1. The van der Waals surface area contributed by atoms with E-state index >= 15 is 0 Å². The van der Waals surface area contributed by atoms with Crippen LogP contribution in [0.5, 0.6) is 0 Å². The van der Waals surface area contributed by atoms with Gasteiger partial charge in [0.25, 0.3) is 0 Å². The van der Waals surface area contributed by atoms with Gasteiger partial charge in [0.05, 0.1) is 19.2 Å². The number of likely N-dealkylation sites (tertiary alicyclic amines) is 1. The lowest BCUT2D eigenvalue weighted by Crippen LogP contribution is -2.50. The van der Waals surface area contributed by atoms with Crippen LogP contribution < -0.4 is 0 Å². The van der Waals surface area contributed by atoms with Crippen LogP contribution in [-0.4, -0.2) is 65.8 Å². The molecule has 0 aromatic rings. The fourth-order valence-corrected chi connectivity index (χ4v) is 2.67. The molecule has 0 spiro atoms. The lowest BCUT2D eigenvalue weighted by Gasteiger charge is -2.33. The molecule has 0 radical (unpaired) electrons. The van der Waals surface area contributed by atoms with E-state index in [4.69, 9.17) is 15.1 Å². The molecule has 2 heterocycles. The first-order valence-electron chi connectivity index (χ1n) is 6.87. The molecule has 7 heteroatoms. The highest BCUT2D eigenvalue weighted by atomic mass is 16.5. The molecule has 2 amide bonds. The predicted octanol–water partition coefficient (Wildman–Crippen LogP) is 0.517. The first-order chi connectivity index (χ1) is 9.60. The van der Waals surface area contributed by atoms with E-state index in [9.17, 15) is 9.59 Å². The van der Waals surface area contributed by atoms with Gasteiger partial charge in [-0.25, -0.2) is 4.79 Å². The zero-order chi connectivity index (χ0) is 14.5. The molecular weight excluding hydrogens is 262 g/mol. The molecule has 7 nitrogen and oxygen atoms in total. The quantitative estimate of drug-likeness (QED) is 0.813. The smallest absolute Gasteiger partial charge is 0.320 e. The molecule has 0 bridgehead atoms. The zero-order valence-electron chi connectivity index (χ0n) is 11.3. The number of carboxylic acids is 1.